The molecular weight excluding hydrogens is 190 g/mol. The van der Waals surface area contributed by atoms with Gasteiger partial charge in [-0.25, -0.2) is 4.79 Å². The first-order chi connectivity index (χ1) is 7.18. The SMILES string of the molecule is CN(C)CCCNC(=O)N/C=C/C1CC1. The Morgan fingerprint density at radius 2 is 2.20 bits per heavy atom. The molecule has 1 saturated carbocycles. The summed E-state index contributed by atoms with van der Waals surface area (Å²) in [6, 6.07) is -0.106. The van der Waals surface area contributed by atoms with Gasteiger partial charge in [0.15, 0.2) is 0 Å². The van der Waals surface area contributed by atoms with Crippen LogP contribution in [0.25, 0.3) is 0 Å². The number of carbonyl (C=O) groups is 1. The van der Waals surface area contributed by atoms with Crippen molar-refractivity contribution in [3.05, 3.63) is 12.3 Å². The lowest BCUT2D eigenvalue weighted by Gasteiger charge is -2.09. The maximum absolute atomic E-state index is 11.2. The van der Waals surface area contributed by atoms with E-state index in [-0.39, 0.29) is 6.03 Å². The molecule has 0 aromatic carbocycles. The molecule has 0 saturated heterocycles. The van der Waals surface area contributed by atoms with E-state index in [0.29, 0.717) is 5.92 Å². The summed E-state index contributed by atoms with van der Waals surface area (Å²) in [5, 5.41) is 5.50. The predicted molar refractivity (Wildman–Crippen MR) is 61.6 cm³/mol. The van der Waals surface area contributed by atoms with Crippen LogP contribution in [0, 0.1) is 5.92 Å². The fourth-order valence-electron chi connectivity index (χ4n) is 1.20. The fraction of sp³-hybridized carbons (Fsp3) is 0.727. The normalized spacial score (nSPS) is 15.9. The predicted octanol–water partition coefficient (Wildman–Crippen LogP) is 1.16. The minimum atomic E-state index is -0.106. The van der Waals surface area contributed by atoms with Crippen molar-refractivity contribution < 1.29 is 4.79 Å². The summed E-state index contributed by atoms with van der Waals surface area (Å²) in [6.45, 7) is 1.72. The van der Waals surface area contributed by atoms with Crippen molar-refractivity contribution >= 4 is 6.03 Å². The highest BCUT2D eigenvalue weighted by Gasteiger charge is 2.16. The molecule has 0 radical (unpaired) electrons. The molecule has 0 aromatic rings. The highest BCUT2D eigenvalue weighted by Crippen LogP contribution is 2.29. The lowest BCUT2D eigenvalue weighted by molar-refractivity contribution is 0.243. The highest BCUT2D eigenvalue weighted by atomic mass is 16.2. The second kappa shape index (κ2) is 6.45. The quantitative estimate of drug-likeness (QED) is 0.648. The van der Waals surface area contributed by atoms with Crippen LogP contribution in [0.5, 0.6) is 0 Å². The number of rotatable bonds is 6. The molecule has 15 heavy (non-hydrogen) atoms. The van der Waals surface area contributed by atoms with Gasteiger partial charge in [-0.05, 0) is 45.8 Å². The van der Waals surface area contributed by atoms with Gasteiger partial charge in [0.05, 0.1) is 0 Å². The molecule has 4 nitrogen and oxygen atoms in total. The Kier molecular flexibility index (Phi) is 5.18. The van der Waals surface area contributed by atoms with Crippen LogP contribution >= 0.6 is 0 Å². The van der Waals surface area contributed by atoms with Gasteiger partial charge in [0.2, 0.25) is 0 Å². The maximum atomic E-state index is 11.2. The van der Waals surface area contributed by atoms with Crippen LogP contribution < -0.4 is 10.6 Å². The third kappa shape index (κ3) is 6.96. The van der Waals surface area contributed by atoms with E-state index >= 15 is 0 Å². The summed E-state index contributed by atoms with van der Waals surface area (Å²) in [5.74, 6) is 0.707. The molecule has 0 aliphatic heterocycles. The number of urea groups is 1. The zero-order valence-electron chi connectivity index (χ0n) is 9.62. The Hall–Kier alpha value is -1.03. The summed E-state index contributed by atoms with van der Waals surface area (Å²) < 4.78 is 0. The second-order valence-corrected chi connectivity index (χ2v) is 4.25. The second-order valence-electron chi connectivity index (χ2n) is 4.25. The minimum Gasteiger partial charge on any atom is -0.338 e. The van der Waals surface area contributed by atoms with Crippen LogP contribution in [-0.4, -0.2) is 38.1 Å². The number of hydrogen-bond donors (Lipinski definition) is 2. The van der Waals surface area contributed by atoms with Crippen molar-refractivity contribution in [2.24, 2.45) is 5.92 Å². The van der Waals surface area contributed by atoms with E-state index in [2.05, 4.69) is 21.6 Å². The maximum Gasteiger partial charge on any atom is 0.318 e. The van der Waals surface area contributed by atoms with Gasteiger partial charge in [-0.1, -0.05) is 6.08 Å². The summed E-state index contributed by atoms with van der Waals surface area (Å²) in [6.07, 6.45) is 7.32. The van der Waals surface area contributed by atoms with Gasteiger partial charge >= 0.3 is 6.03 Å². The molecule has 0 bridgehead atoms. The fourth-order valence-corrected chi connectivity index (χ4v) is 1.20. The molecule has 1 aliphatic rings. The third-order valence-corrected chi connectivity index (χ3v) is 2.27. The molecule has 0 aromatic heterocycles. The zero-order valence-corrected chi connectivity index (χ0v) is 9.62. The van der Waals surface area contributed by atoms with E-state index in [1.807, 2.05) is 14.1 Å². The first-order valence-corrected chi connectivity index (χ1v) is 5.54. The van der Waals surface area contributed by atoms with Gasteiger partial charge in [-0.2, -0.15) is 0 Å². The van der Waals surface area contributed by atoms with Crippen molar-refractivity contribution in [2.75, 3.05) is 27.2 Å². The molecule has 0 spiro atoms. The number of allylic oxidation sites excluding steroid dienone is 1. The van der Waals surface area contributed by atoms with Crippen LogP contribution in [0.15, 0.2) is 12.3 Å². The first-order valence-electron chi connectivity index (χ1n) is 5.54. The standard InChI is InChI=1S/C11H21N3O/c1-14(2)9-3-7-12-11(15)13-8-6-10-4-5-10/h6,8,10H,3-5,7,9H2,1-2H3,(H2,12,13,15)/b8-6+. The molecule has 0 heterocycles. The molecule has 2 N–H and O–H groups in total. The van der Waals surface area contributed by atoms with Crippen molar-refractivity contribution in [2.45, 2.75) is 19.3 Å². The van der Waals surface area contributed by atoms with E-state index in [9.17, 15) is 4.79 Å². The Balaban J connectivity index is 1.93. The monoisotopic (exact) mass is 211 g/mol. The Morgan fingerprint density at radius 3 is 2.80 bits per heavy atom. The number of carbonyl (C=O) groups excluding carboxylic acids is 1. The van der Waals surface area contributed by atoms with Crippen molar-refractivity contribution in [3.8, 4) is 0 Å². The summed E-state index contributed by atoms with van der Waals surface area (Å²) in [5.41, 5.74) is 0. The highest BCUT2D eigenvalue weighted by molar-refractivity contribution is 5.74. The molecule has 1 aliphatic carbocycles. The van der Waals surface area contributed by atoms with E-state index in [0.717, 1.165) is 19.5 Å². The zero-order chi connectivity index (χ0) is 11.1. The molecular formula is C11H21N3O. The van der Waals surface area contributed by atoms with Crippen LogP contribution in [-0.2, 0) is 0 Å². The largest absolute Gasteiger partial charge is 0.338 e. The molecule has 1 fully saturated rings. The lowest BCUT2D eigenvalue weighted by Crippen LogP contribution is -2.33. The van der Waals surface area contributed by atoms with E-state index in [1.54, 1.807) is 6.20 Å². The Morgan fingerprint density at radius 1 is 1.47 bits per heavy atom. The van der Waals surface area contributed by atoms with Gasteiger partial charge in [0, 0.05) is 12.7 Å². The minimum absolute atomic E-state index is 0.106. The Bertz CT molecular complexity index is 222. The molecule has 2 amide bonds. The smallest absolute Gasteiger partial charge is 0.318 e. The molecule has 86 valence electrons. The molecule has 1 rings (SSSR count). The molecule has 0 unspecified atom stereocenters. The lowest BCUT2D eigenvalue weighted by atomic mass is 10.4. The first kappa shape index (κ1) is 12.0. The molecule has 4 heteroatoms. The van der Waals surface area contributed by atoms with Crippen molar-refractivity contribution in [1.82, 2.24) is 15.5 Å². The summed E-state index contributed by atoms with van der Waals surface area (Å²) in [7, 11) is 4.05. The van der Waals surface area contributed by atoms with Crippen molar-refractivity contribution in [1.29, 1.82) is 0 Å². The van der Waals surface area contributed by atoms with Crippen LogP contribution in [0.3, 0.4) is 0 Å². The third-order valence-electron chi connectivity index (χ3n) is 2.27. The van der Waals surface area contributed by atoms with Crippen LogP contribution in [0.2, 0.25) is 0 Å². The van der Waals surface area contributed by atoms with Gasteiger partial charge in [-0.3, -0.25) is 0 Å². The van der Waals surface area contributed by atoms with E-state index in [1.165, 1.54) is 12.8 Å². The van der Waals surface area contributed by atoms with Crippen LogP contribution in [0.1, 0.15) is 19.3 Å². The number of amides is 2. The van der Waals surface area contributed by atoms with Gasteiger partial charge in [0.25, 0.3) is 0 Å². The van der Waals surface area contributed by atoms with E-state index in [4.69, 9.17) is 0 Å². The van der Waals surface area contributed by atoms with E-state index < -0.39 is 0 Å². The topological polar surface area (TPSA) is 44.4 Å². The average Bonchev–Trinajstić information content (AvgIpc) is 2.96. The number of hydrogen-bond acceptors (Lipinski definition) is 2. The van der Waals surface area contributed by atoms with Crippen LogP contribution in [0.4, 0.5) is 4.79 Å². The molecule has 0 atom stereocenters. The van der Waals surface area contributed by atoms with Gasteiger partial charge in [0.1, 0.15) is 0 Å². The van der Waals surface area contributed by atoms with Gasteiger partial charge in [-0.15, -0.1) is 0 Å². The Labute approximate surface area is 91.7 Å². The number of nitrogens with one attached hydrogen (secondary N) is 2. The summed E-state index contributed by atoms with van der Waals surface area (Å²) >= 11 is 0. The van der Waals surface area contributed by atoms with Gasteiger partial charge < -0.3 is 15.5 Å². The average molecular weight is 211 g/mol. The van der Waals surface area contributed by atoms with Crippen molar-refractivity contribution in [3.63, 3.8) is 0 Å². The summed E-state index contributed by atoms with van der Waals surface area (Å²) in [4.78, 5) is 13.3. The number of nitrogens with zero attached hydrogens (tertiary/aromatic N) is 1.